The number of hydrogen-bond donors (Lipinski definition) is 2. The zero-order chi connectivity index (χ0) is 15.4. The number of aromatic amines is 1. The first kappa shape index (κ1) is 14.6. The van der Waals surface area contributed by atoms with E-state index >= 15 is 0 Å². The van der Waals surface area contributed by atoms with Gasteiger partial charge in [0, 0.05) is 29.9 Å². The summed E-state index contributed by atoms with van der Waals surface area (Å²) >= 11 is 0. The highest BCUT2D eigenvalue weighted by molar-refractivity contribution is 5.91. The molecule has 2 aromatic heterocycles. The van der Waals surface area contributed by atoms with Crippen LogP contribution in [0.5, 0.6) is 5.88 Å². The minimum atomic E-state index is -0.107. The zero-order valence-electron chi connectivity index (χ0n) is 12.5. The lowest BCUT2D eigenvalue weighted by molar-refractivity contribution is -0.115. The van der Waals surface area contributed by atoms with E-state index in [0.717, 1.165) is 30.5 Å². The van der Waals surface area contributed by atoms with E-state index in [1.165, 1.54) is 0 Å². The van der Waals surface area contributed by atoms with Crippen molar-refractivity contribution in [1.29, 1.82) is 0 Å². The highest BCUT2D eigenvalue weighted by Crippen LogP contribution is 2.33. The number of methoxy groups -OCH3 is 1. The second-order valence-corrected chi connectivity index (χ2v) is 5.44. The molecule has 0 bridgehead atoms. The molecule has 1 aliphatic carbocycles. The van der Waals surface area contributed by atoms with Gasteiger partial charge in [-0.1, -0.05) is 0 Å². The van der Waals surface area contributed by atoms with E-state index in [0.29, 0.717) is 17.6 Å². The van der Waals surface area contributed by atoms with E-state index in [2.05, 4.69) is 26.9 Å². The highest BCUT2D eigenvalue weighted by Gasteiger charge is 2.19. The van der Waals surface area contributed by atoms with Gasteiger partial charge >= 0.3 is 0 Å². The first-order chi connectivity index (χ1) is 10.7. The lowest BCUT2D eigenvalue weighted by Gasteiger charge is -2.04. The Morgan fingerprint density at radius 2 is 2.41 bits per heavy atom. The standard InChI is InChI=1S/C16H19N4O2/c1-22-16-9-11(6-7-17-16)8-15(21)18-14-10-13(19-20-14)12-4-2-3-5-12/h2,6-7,9-10,12H,3-5,8H2,1H3,(H2,18,19,20,21)/t12-/m0/s1. The average molecular weight is 299 g/mol. The molecule has 1 fully saturated rings. The van der Waals surface area contributed by atoms with Crippen LogP contribution < -0.4 is 10.1 Å². The fourth-order valence-corrected chi connectivity index (χ4v) is 2.69. The van der Waals surface area contributed by atoms with Gasteiger partial charge in [0.15, 0.2) is 5.82 Å². The number of hydrogen-bond acceptors (Lipinski definition) is 4. The number of H-pyrrole nitrogens is 1. The second-order valence-electron chi connectivity index (χ2n) is 5.44. The third kappa shape index (κ3) is 3.44. The van der Waals surface area contributed by atoms with Crippen LogP contribution in [0.15, 0.2) is 24.4 Å². The van der Waals surface area contributed by atoms with Crippen LogP contribution in [0.4, 0.5) is 5.82 Å². The molecular formula is C16H19N4O2. The van der Waals surface area contributed by atoms with Gasteiger partial charge in [-0.25, -0.2) is 4.98 Å². The summed E-state index contributed by atoms with van der Waals surface area (Å²) in [6.45, 7) is 0. The summed E-state index contributed by atoms with van der Waals surface area (Å²) in [6.07, 6.45) is 7.55. The van der Waals surface area contributed by atoms with Gasteiger partial charge in [-0.3, -0.25) is 9.89 Å². The molecule has 2 aromatic rings. The van der Waals surface area contributed by atoms with Crippen LogP contribution >= 0.6 is 0 Å². The number of nitrogens with zero attached hydrogens (tertiary/aromatic N) is 2. The maximum atomic E-state index is 12.1. The summed E-state index contributed by atoms with van der Waals surface area (Å²) in [7, 11) is 1.55. The summed E-state index contributed by atoms with van der Waals surface area (Å²) < 4.78 is 5.05. The zero-order valence-corrected chi connectivity index (χ0v) is 12.5. The third-order valence-corrected chi connectivity index (χ3v) is 3.85. The summed E-state index contributed by atoms with van der Waals surface area (Å²) in [5.74, 6) is 1.48. The first-order valence-electron chi connectivity index (χ1n) is 7.40. The lowest BCUT2D eigenvalue weighted by Crippen LogP contribution is -2.14. The largest absolute Gasteiger partial charge is 0.481 e. The van der Waals surface area contributed by atoms with Crippen LogP contribution in [-0.2, 0) is 11.2 Å². The van der Waals surface area contributed by atoms with Crippen molar-refractivity contribution >= 4 is 11.7 Å². The molecule has 1 saturated carbocycles. The van der Waals surface area contributed by atoms with Crippen molar-refractivity contribution in [2.24, 2.45) is 0 Å². The van der Waals surface area contributed by atoms with Crippen molar-refractivity contribution in [2.75, 3.05) is 12.4 Å². The summed E-state index contributed by atoms with van der Waals surface area (Å²) in [5, 5.41) is 10.0. The van der Waals surface area contributed by atoms with Gasteiger partial charge < -0.3 is 10.1 Å². The molecule has 0 saturated heterocycles. The highest BCUT2D eigenvalue weighted by atomic mass is 16.5. The fourth-order valence-electron chi connectivity index (χ4n) is 2.69. The minimum Gasteiger partial charge on any atom is -0.481 e. The van der Waals surface area contributed by atoms with E-state index in [1.54, 1.807) is 25.4 Å². The van der Waals surface area contributed by atoms with Gasteiger partial charge in [0.2, 0.25) is 11.8 Å². The Hall–Kier alpha value is -2.37. The first-order valence-corrected chi connectivity index (χ1v) is 7.40. The molecule has 2 N–H and O–H groups in total. The summed E-state index contributed by atoms with van der Waals surface area (Å²) in [6, 6.07) is 5.48. The number of nitrogens with one attached hydrogen (secondary N) is 2. The van der Waals surface area contributed by atoms with E-state index in [4.69, 9.17) is 4.74 Å². The Morgan fingerprint density at radius 1 is 1.50 bits per heavy atom. The maximum absolute atomic E-state index is 12.1. The summed E-state index contributed by atoms with van der Waals surface area (Å²) in [4.78, 5) is 16.1. The Labute approximate surface area is 129 Å². The molecular weight excluding hydrogens is 280 g/mol. The predicted molar refractivity (Wildman–Crippen MR) is 82.6 cm³/mol. The third-order valence-electron chi connectivity index (χ3n) is 3.85. The Morgan fingerprint density at radius 3 is 3.18 bits per heavy atom. The van der Waals surface area contributed by atoms with Gasteiger partial charge in [0.05, 0.1) is 13.5 Å². The number of carbonyl (C=O) groups is 1. The van der Waals surface area contributed by atoms with Gasteiger partial charge in [-0.2, -0.15) is 5.10 Å². The molecule has 6 heteroatoms. The van der Waals surface area contributed by atoms with E-state index in [1.807, 2.05) is 6.07 Å². The van der Waals surface area contributed by atoms with E-state index in [9.17, 15) is 4.79 Å². The summed E-state index contributed by atoms with van der Waals surface area (Å²) in [5.41, 5.74) is 1.94. The number of pyridine rings is 1. The number of ether oxygens (including phenoxy) is 1. The number of carbonyl (C=O) groups excluding carboxylic acids is 1. The number of rotatable bonds is 5. The van der Waals surface area contributed by atoms with Crippen molar-refractivity contribution in [3.8, 4) is 5.88 Å². The quantitative estimate of drug-likeness (QED) is 0.889. The van der Waals surface area contributed by atoms with Gasteiger partial charge in [-0.15, -0.1) is 0 Å². The fraction of sp³-hybridized carbons (Fsp3) is 0.375. The smallest absolute Gasteiger partial charge is 0.229 e. The van der Waals surface area contributed by atoms with Crippen molar-refractivity contribution in [3.05, 3.63) is 42.1 Å². The molecule has 1 radical (unpaired) electrons. The van der Waals surface area contributed by atoms with Crippen molar-refractivity contribution in [1.82, 2.24) is 15.2 Å². The molecule has 6 nitrogen and oxygen atoms in total. The Bertz CT molecular complexity index is 647. The van der Waals surface area contributed by atoms with Gasteiger partial charge in [-0.05, 0) is 37.3 Å². The van der Waals surface area contributed by atoms with Crippen LogP contribution in [0, 0.1) is 6.42 Å². The van der Waals surface area contributed by atoms with Crippen molar-refractivity contribution < 1.29 is 9.53 Å². The van der Waals surface area contributed by atoms with Gasteiger partial charge in [0.1, 0.15) is 0 Å². The Balaban J connectivity index is 1.59. The van der Waals surface area contributed by atoms with E-state index < -0.39 is 0 Å². The molecule has 22 heavy (non-hydrogen) atoms. The minimum absolute atomic E-state index is 0.107. The number of amides is 1. The molecule has 0 aromatic carbocycles. The predicted octanol–water partition coefficient (Wildman–Crippen LogP) is 2.47. The molecule has 0 aliphatic heterocycles. The molecule has 115 valence electrons. The van der Waals surface area contributed by atoms with Crippen LogP contribution in [0.1, 0.15) is 36.4 Å². The molecule has 2 heterocycles. The van der Waals surface area contributed by atoms with Crippen LogP contribution in [0.3, 0.4) is 0 Å². The van der Waals surface area contributed by atoms with Crippen LogP contribution in [0.2, 0.25) is 0 Å². The lowest BCUT2D eigenvalue weighted by atomic mass is 10.0. The van der Waals surface area contributed by atoms with Crippen LogP contribution in [0.25, 0.3) is 0 Å². The SMILES string of the molecule is COc1cc(CC(=O)Nc2cc([C@H]3C[CH]CC3)[nH]n2)ccn1. The molecule has 1 amide bonds. The molecule has 0 spiro atoms. The van der Waals surface area contributed by atoms with E-state index in [-0.39, 0.29) is 12.3 Å². The molecule has 0 unspecified atom stereocenters. The average Bonchev–Trinajstić information content (AvgIpc) is 3.18. The number of aromatic nitrogens is 3. The maximum Gasteiger partial charge on any atom is 0.229 e. The topological polar surface area (TPSA) is 79.9 Å². The second kappa shape index (κ2) is 6.60. The van der Waals surface area contributed by atoms with Crippen LogP contribution in [-0.4, -0.2) is 28.2 Å². The van der Waals surface area contributed by atoms with Crippen molar-refractivity contribution in [3.63, 3.8) is 0 Å². The van der Waals surface area contributed by atoms with Crippen molar-refractivity contribution in [2.45, 2.75) is 31.6 Å². The Kier molecular flexibility index (Phi) is 4.37. The number of anilines is 1. The molecule has 1 atom stereocenters. The molecule has 1 aliphatic rings. The van der Waals surface area contributed by atoms with Gasteiger partial charge in [0.25, 0.3) is 0 Å². The normalized spacial score (nSPS) is 15.0. The monoisotopic (exact) mass is 299 g/mol. The molecule has 3 rings (SSSR count).